The fraction of sp³-hybridized carbons (Fsp3) is 0.562. The molecule has 1 saturated heterocycles. The van der Waals surface area contributed by atoms with E-state index in [1.165, 1.54) is 0 Å². The molecule has 1 aliphatic heterocycles. The zero-order valence-electron chi connectivity index (χ0n) is 12.6. The molecule has 0 aromatic heterocycles. The predicted octanol–water partition coefficient (Wildman–Crippen LogP) is 3.28. The van der Waals surface area contributed by atoms with Crippen LogP contribution in [0.4, 0.5) is 0 Å². The summed E-state index contributed by atoms with van der Waals surface area (Å²) in [5, 5.41) is 0.784. The van der Waals surface area contributed by atoms with Crippen molar-refractivity contribution in [2.45, 2.75) is 45.2 Å². The first kappa shape index (κ1) is 18.3. The van der Waals surface area contributed by atoms with Gasteiger partial charge in [0.25, 0.3) is 0 Å². The molecule has 3 atom stereocenters. The van der Waals surface area contributed by atoms with Gasteiger partial charge in [0.1, 0.15) is 0 Å². The van der Waals surface area contributed by atoms with Crippen LogP contribution in [0, 0.1) is 5.92 Å². The van der Waals surface area contributed by atoms with Crippen molar-refractivity contribution in [1.82, 2.24) is 4.90 Å². The molecule has 5 heteroatoms. The molecule has 0 spiro atoms. The molecule has 2 N–H and O–H groups in total. The molecule has 3 nitrogen and oxygen atoms in total. The van der Waals surface area contributed by atoms with Crippen LogP contribution >= 0.6 is 24.0 Å². The second-order valence-corrected chi connectivity index (χ2v) is 6.18. The van der Waals surface area contributed by atoms with Crippen molar-refractivity contribution in [1.29, 1.82) is 0 Å². The van der Waals surface area contributed by atoms with E-state index >= 15 is 0 Å². The molecule has 0 radical (unpaired) electrons. The van der Waals surface area contributed by atoms with Crippen molar-refractivity contribution >= 4 is 29.9 Å². The molecule has 1 amide bonds. The van der Waals surface area contributed by atoms with Crippen LogP contribution in [0.3, 0.4) is 0 Å². The van der Waals surface area contributed by atoms with Crippen molar-refractivity contribution in [3.63, 3.8) is 0 Å². The lowest BCUT2D eigenvalue weighted by Gasteiger charge is -2.29. The minimum Gasteiger partial charge on any atom is -0.339 e. The van der Waals surface area contributed by atoms with E-state index < -0.39 is 0 Å². The van der Waals surface area contributed by atoms with Crippen molar-refractivity contribution in [3.05, 3.63) is 34.9 Å². The molecule has 0 saturated carbocycles. The molecule has 118 valence electrons. The van der Waals surface area contributed by atoms with Gasteiger partial charge < -0.3 is 10.6 Å². The second-order valence-electron chi connectivity index (χ2n) is 5.77. The summed E-state index contributed by atoms with van der Waals surface area (Å²) >= 11 is 6.22. The minimum atomic E-state index is -0.123. The molecule has 1 aromatic carbocycles. The van der Waals surface area contributed by atoms with E-state index in [-0.39, 0.29) is 36.3 Å². The van der Waals surface area contributed by atoms with Gasteiger partial charge in [0.15, 0.2) is 0 Å². The number of halogens is 2. The van der Waals surface area contributed by atoms with Gasteiger partial charge in [-0.25, -0.2) is 0 Å². The molecule has 1 aliphatic rings. The Kier molecular flexibility index (Phi) is 6.98. The molecular formula is C16H24Cl2N2O. The lowest BCUT2D eigenvalue weighted by Crippen LogP contribution is -2.44. The number of likely N-dealkylation sites (tertiary alicyclic amines) is 1. The third-order valence-corrected chi connectivity index (χ3v) is 4.62. The number of rotatable bonds is 4. The van der Waals surface area contributed by atoms with Crippen LogP contribution in [-0.2, 0) is 11.2 Å². The Balaban J connectivity index is 0.00000220. The summed E-state index contributed by atoms with van der Waals surface area (Å²) in [6, 6.07) is 8.02. The average Bonchev–Trinajstić information content (AvgIpc) is 2.87. The number of nitrogens with zero attached hydrogens (tertiary/aromatic N) is 1. The molecule has 1 heterocycles. The van der Waals surface area contributed by atoms with Gasteiger partial charge in [0.05, 0.1) is 5.92 Å². The highest BCUT2D eigenvalue weighted by Crippen LogP contribution is 2.26. The van der Waals surface area contributed by atoms with Crippen LogP contribution in [0.25, 0.3) is 0 Å². The number of benzene rings is 1. The van der Waals surface area contributed by atoms with Gasteiger partial charge in [-0.05, 0) is 37.8 Å². The van der Waals surface area contributed by atoms with Gasteiger partial charge in [-0.1, -0.05) is 36.7 Å². The smallest absolute Gasteiger partial charge is 0.227 e. The van der Waals surface area contributed by atoms with Gasteiger partial charge >= 0.3 is 0 Å². The number of amides is 1. The minimum absolute atomic E-state index is 0. The number of hydrogen-bond acceptors (Lipinski definition) is 2. The maximum absolute atomic E-state index is 12.5. The maximum atomic E-state index is 12.5. The summed E-state index contributed by atoms with van der Waals surface area (Å²) in [5.74, 6) is 0.0522. The summed E-state index contributed by atoms with van der Waals surface area (Å²) in [5.41, 5.74) is 6.98. The number of nitrogens with two attached hydrogens (primary N) is 1. The van der Waals surface area contributed by atoms with Crippen molar-refractivity contribution in [2.24, 2.45) is 11.7 Å². The van der Waals surface area contributed by atoms with Crippen molar-refractivity contribution < 1.29 is 4.79 Å². The first-order chi connectivity index (χ1) is 9.50. The first-order valence-corrected chi connectivity index (χ1v) is 7.68. The maximum Gasteiger partial charge on any atom is 0.227 e. The molecule has 2 rings (SSSR count). The molecule has 1 aromatic rings. The quantitative estimate of drug-likeness (QED) is 0.920. The number of hydrogen-bond donors (Lipinski definition) is 1. The Labute approximate surface area is 138 Å². The second kappa shape index (κ2) is 8.02. The molecule has 0 aliphatic carbocycles. The summed E-state index contributed by atoms with van der Waals surface area (Å²) in [6.07, 6.45) is 2.94. The van der Waals surface area contributed by atoms with E-state index in [0.717, 1.165) is 36.4 Å². The van der Waals surface area contributed by atoms with Crippen LogP contribution in [-0.4, -0.2) is 29.4 Å². The Morgan fingerprint density at radius 3 is 2.71 bits per heavy atom. The van der Waals surface area contributed by atoms with Crippen LogP contribution in [0.1, 0.15) is 32.3 Å². The highest BCUT2D eigenvalue weighted by atomic mass is 35.5. The van der Waals surface area contributed by atoms with E-state index in [1.807, 2.05) is 43.0 Å². The van der Waals surface area contributed by atoms with Gasteiger partial charge in [0, 0.05) is 23.7 Å². The fourth-order valence-corrected chi connectivity index (χ4v) is 2.96. The van der Waals surface area contributed by atoms with Crippen LogP contribution < -0.4 is 5.73 Å². The third-order valence-electron chi connectivity index (χ3n) is 4.25. The zero-order chi connectivity index (χ0) is 14.7. The fourth-order valence-electron chi connectivity index (χ4n) is 2.74. The Morgan fingerprint density at radius 2 is 2.10 bits per heavy atom. The van der Waals surface area contributed by atoms with E-state index in [2.05, 4.69) is 0 Å². The summed E-state index contributed by atoms with van der Waals surface area (Å²) in [7, 11) is 0. The summed E-state index contributed by atoms with van der Waals surface area (Å²) in [4.78, 5) is 14.5. The van der Waals surface area contributed by atoms with E-state index in [9.17, 15) is 4.79 Å². The molecule has 1 fully saturated rings. The molecule has 0 bridgehead atoms. The number of carbonyl (C=O) groups excluding carboxylic acids is 1. The standard InChI is InChI=1S/C16H23ClN2O.ClH/c1-11(12(2)18)16(20)19-9-5-7-14(19)10-13-6-3-4-8-15(13)17;/h3-4,6,8,11-12,14H,5,7,9-10,18H2,1-2H3;1H. The van der Waals surface area contributed by atoms with Gasteiger partial charge in [-0.15, -0.1) is 12.4 Å². The lowest BCUT2D eigenvalue weighted by atomic mass is 10.00. The largest absolute Gasteiger partial charge is 0.339 e. The Hall–Kier alpha value is -0.770. The Morgan fingerprint density at radius 1 is 1.43 bits per heavy atom. The van der Waals surface area contributed by atoms with E-state index in [1.54, 1.807) is 0 Å². The van der Waals surface area contributed by atoms with Gasteiger partial charge in [-0.3, -0.25) is 4.79 Å². The van der Waals surface area contributed by atoms with E-state index in [0.29, 0.717) is 0 Å². The van der Waals surface area contributed by atoms with Crippen LogP contribution in [0.15, 0.2) is 24.3 Å². The van der Waals surface area contributed by atoms with Gasteiger partial charge in [-0.2, -0.15) is 0 Å². The lowest BCUT2D eigenvalue weighted by molar-refractivity contribution is -0.136. The summed E-state index contributed by atoms with van der Waals surface area (Å²) < 4.78 is 0. The average molecular weight is 331 g/mol. The topological polar surface area (TPSA) is 46.3 Å². The Bertz CT molecular complexity index is 479. The highest BCUT2D eigenvalue weighted by Gasteiger charge is 2.32. The van der Waals surface area contributed by atoms with Gasteiger partial charge in [0.2, 0.25) is 5.91 Å². The highest BCUT2D eigenvalue weighted by molar-refractivity contribution is 6.31. The first-order valence-electron chi connectivity index (χ1n) is 7.30. The molecular weight excluding hydrogens is 307 g/mol. The van der Waals surface area contributed by atoms with Crippen LogP contribution in [0.5, 0.6) is 0 Å². The monoisotopic (exact) mass is 330 g/mol. The van der Waals surface area contributed by atoms with Crippen LogP contribution in [0.2, 0.25) is 5.02 Å². The third kappa shape index (κ3) is 4.35. The molecule has 3 unspecified atom stereocenters. The SMILES string of the molecule is CC(N)C(C)C(=O)N1CCCC1Cc1ccccc1Cl.Cl. The predicted molar refractivity (Wildman–Crippen MR) is 90.0 cm³/mol. The molecule has 21 heavy (non-hydrogen) atoms. The van der Waals surface area contributed by atoms with Crippen molar-refractivity contribution in [3.8, 4) is 0 Å². The summed E-state index contributed by atoms with van der Waals surface area (Å²) in [6.45, 7) is 4.64. The van der Waals surface area contributed by atoms with Crippen molar-refractivity contribution in [2.75, 3.05) is 6.54 Å². The number of carbonyl (C=O) groups is 1. The van der Waals surface area contributed by atoms with E-state index in [4.69, 9.17) is 17.3 Å². The zero-order valence-corrected chi connectivity index (χ0v) is 14.2. The normalized spacial score (nSPS) is 20.8.